The molecule has 8 heteroatoms. The first-order valence-electron chi connectivity index (χ1n) is 9.24. The molecule has 0 spiro atoms. The van der Waals surface area contributed by atoms with Crippen molar-refractivity contribution < 1.29 is 19.1 Å². The fourth-order valence-corrected chi connectivity index (χ4v) is 2.70. The minimum atomic E-state index is -0.893. The van der Waals surface area contributed by atoms with Crippen LogP contribution >= 0.6 is 11.6 Å². The normalized spacial score (nSPS) is 10.5. The molecule has 0 saturated heterocycles. The van der Waals surface area contributed by atoms with Gasteiger partial charge in [-0.05, 0) is 41.5 Å². The highest BCUT2D eigenvalue weighted by atomic mass is 35.5. The molecular weight excluding hydrogens is 418 g/mol. The molecule has 0 aliphatic rings. The summed E-state index contributed by atoms with van der Waals surface area (Å²) in [5.74, 6) is -1.96. The van der Waals surface area contributed by atoms with E-state index < -0.39 is 17.8 Å². The van der Waals surface area contributed by atoms with Gasteiger partial charge in [-0.15, -0.1) is 0 Å². The summed E-state index contributed by atoms with van der Waals surface area (Å²) in [7, 11) is 0. The van der Waals surface area contributed by atoms with E-state index in [-0.39, 0.29) is 6.54 Å². The standard InChI is InChI=1S/C23H18ClN3O4/c24-19-10-5-9-18(13-19)23(30)31-20-11-4-8-17(12-20)15-26-27-22(29)21(28)25-14-16-6-2-1-3-7-16/h1-13,15H,14H2,(H,25,28)(H,27,29)/b26-15+. The van der Waals surface area contributed by atoms with E-state index in [9.17, 15) is 14.4 Å². The summed E-state index contributed by atoms with van der Waals surface area (Å²) < 4.78 is 5.33. The van der Waals surface area contributed by atoms with E-state index in [1.807, 2.05) is 30.3 Å². The predicted octanol–water partition coefficient (Wildman–Crippen LogP) is 3.33. The maximum Gasteiger partial charge on any atom is 0.343 e. The maximum atomic E-state index is 12.2. The lowest BCUT2D eigenvalue weighted by Gasteiger charge is -2.05. The van der Waals surface area contributed by atoms with Crippen molar-refractivity contribution in [3.05, 3.63) is 101 Å². The van der Waals surface area contributed by atoms with E-state index >= 15 is 0 Å². The topological polar surface area (TPSA) is 96.9 Å². The number of halogens is 1. The van der Waals surface area contributed by atoms with Crippen molar-refractivity contribution in [2.24, 2.45) is 5.10 Å². The zero-order valence-corrected chi connectivity index (χ0v) is 17.0. The number of carbonyl (C=O) groups excluding carboxylic acids is 3. The number of nitrogens with zero attached hydrogens (tertiary/aromatic N) is 1. The lowest BCUT2D eigenvalue weighted by atomic mass is 10.2. The Hall–Kier alpha value is -3.97. The summed E-state index contributed by atoms with van der Waals surface area (Å²) in [4.78, 5) is 35.9. The van der Waals surface area contributed by atoms with Crippen molar-refractivity contribution in [1.82, 2.24) is 10.7 Å². The van der Waals surface area contributed by atoms with Gasteiger partial charge >= 0.3 is 17.8 Å². The number of hydrazone groups is 1. The van der Waals surface area contributed by atoms with E-state index in [1.54, 1.807) is 42.5 Å². The first-order valence-corrected chi connectivity index (χ1v) is 9.62. The van der Waals surface area contributed by atoms with Crippen molar-refractivity contribution in [2.75, 3.05) is 0 Å². The van der Waals surface area contributed by atoms with Crippen LogP contribution in [0.5, 0.6) is 5.75 Å². The van der Waals surface area contributed by atoms with E-state index in [0.717, 1.165) is 5.56 Å². The number of rotatable bonds is 6. The second-order valence-electron chi connectivity index (χ2n) is 6.34. The molecule has 3 aromatic carbocycles. The fraction of sp³-hybridized carbons (Fsp3) is 0.0435. The molecule has 2 N–H and O–H groups in total. The Morgan fingerprint density at radius 3 is 2.45 bits per heavy atom. The zero-order chi connectivity index (χ0) is 22.1. The first-order chi connectivity index (χ1) is 15.0. The third kappa shape index (κ3) is 6.80. The molecular formula is C23H18ClN3O4. The number of ether oxygens (including phenoxy) is 1. The SMILES string of the molecule is O=C(NCc1ccccc1)C(=O)N/N=C/c1cccc(OC(=O)c2cccc(Cl)c2)c1. The van der Waals surface area contributed by atoms with Gasteiger partial charge in [-0.2, -0.15) is 5.10 Å². The Morgan fingerprint density at radius 2 is 1.68 bits per heavy atom. The molecule has 7 nitrogen and oxygen atoms in total. The summed E-state index contributed by atoms with van der Waals surface area (Å²) in [6.45, 7) is 0.233. The maximum absolute atomic E-state index is 12.2. The molecule has 2 amide bonds. The number of carbonyl (C=O) groups is 3. The Morgan fingerprint density at radius 1 is 0.903 bits per heavy atom. The highest BCUT2D eigenvalue weighted by Gasteiger charge is 2.12. The van der Waals surface area contributed by atoms with Gasteiger partial charge in [0, 0.05) is 11.6 Å². The first kappa shape index (κ1) is 21.7. The molecule has 0 radical (unpaired) electrons. The predicted molar refractivity (Wildman–Crippen MR) is 117 cm³/mol. The van der Waals surface area contributed by atoms with Crippen LogP contribution in [0.2, 0.25) is 5.02 Å². The lowest BCUT2D eigenvalue weighted by molar-refractivity contribution is -0.139. The number of nitrogens with one attached hydrogen (secondary N) is 2. The van der Waals surface area contributed by atoms with Crippen molar-refractivity contribution in [3.8, 4) is 5.75 Å². The van der Waals surface area contributed by atoms with Gasteiger partial charge in [-0.1, -0.05) is 60.1 Å². The number of amides is 2. The Labute approximate surface area is 183 Å². The number of esters is 1. The van der Waals surface area contributed by atoms with Gasteiger partial charge in [0.25, 0.3) is 0 Å². The fourth-order valence-electron chi connectivity index (χ4n) is 2.51. The summed E-state index contributed by atoms with van der Waals surface area (Å²) in [6.07, 6.45) is 1.33. The molecule has 0 aliphatic heterocycles. The minimum Gasteiger partial charge on any atom is -0.423 e. The summed E-state index contributed by atoms with van der Waals surface area (Å²) in [5.41, 5.74) is 3.90. The quantitative estimate of drug-likeness (QED) is 0.204. The molecule has 0 aromatic heterocycles. The van der Waals surface area contributed by atoms with Crippen LogP contribution in [0.3, 0.4) is 0 Å². The van der Waals surface area contributed by atoms with Crippen LogP contribution in [0.25, 0.3) is 0 Å². The van der Waals surface area contributed by atoms with Gasteiger partial charge in [0.1, 0.15) is 5.75 Å². The van der Waals surface area contributed by atoms with Gasteiger partial charge in [-0.25, -0.2) is 10.2 Å². The smallest absolute Gasteiger partial charge is 0.343 e. The van der Waals surface area contributed by atoms with Crippen LogP contribution in [-0.4, -0.2) is 24.0 Å². The van der Waals surface area contributed by atoms with Crippen LogP contribution in [0.4, 0.5) is 0 Å². The van der Waals surface area contributed by atoms with Crippen LogP contribution in [0.1, 0.15) is 21.5 Å². The summed E-state index contributed by atoms with van der Waals surface area (Å²) in [6, 6.07) is 22.2. The van der Waals surface area contributed by atoms with Gasteiger partial charge in [0.05, 0.1) is 11.8 Å². The number of hydrogen-bond donors (Lipinski definition) is 2. The van der Waals surface area contributed by atoms with Crippen molar-refractivity contribution in [3.63, 3.8) is 0 Å². The highest BCUT2D eigenvalue weighted by molar-refractivity contribution is 6.35. The van der Waals surface area contributed by atoms with Crippen LogP contribution in [0, 0.1) is 0 Å². The summed E-state index contributed by atoms with van der Waals surface area (Å²) in [5, 5.41) is 6.70. The minimum absolute atomic E-state index is 0.233. The molecule has 31 heavy (non-hydrogen) atoms. The molecule has 0 saturated carbocycles. The van der Waals surface area contributed by atoms with E-state index in [0.29, 0.717) is 21.9 Å². The van der Waals surface area contributed by atoms with Gasteiger partial charge in [0.2, 0.25) is 0 Å². The Kier molecular flexibility index (Phi) is 7.50. The van der Waals surface area contributed by atoms with Crippen LogP contribution in [-0.2, 0) is 16.1 Å². The highest BCUT2D eigenvalue weighted by Crippen LogP contribution is 2.16. The molecule has 0 bridgehead atoms. The van der Waals surface area contributed by atoms with Crippen molar-refractivity contribution in [2.45, 2.75) is 6.54 Å². The zero-order valence-electron chi connectivity index (χ0n) is 16.2. The second-order valence-corrected chi connectivity index (χ2v) is 6.78. The largest absolute Gasteiger partial charge is 0.423 e. The molecule has 156 valence electrons. The van der Waals surface area contributed by atoms with E-state index in [2.05, 4.69) is 15.8 Å². The molecule has 0 aliphatic carbocycles. The monoisotopic (exact) mass is 435 g/mol. The van der Waals surface area contributed by atoms with E-state index in [1.165, 1.54) is 12.3 Å². The molecule has 3 rings (SSSR count). The van der Waals surface area contributed by atoms with Gasteiger partial charge in [0.15, 0.2) is 0 Å². The summed E-state index contributed by atoms with van der Waals surface area (Å²) >= 11 is 5.88. The molecule has 0 heterocycles. The van der Waals surface area contributed by atoms with Gasteiger partial charge < -0.3 is 10.1 Å². The van der Waals surface area contributed by atoms with Crippen molar-refractivity contribution >= 4 is 35.6 Å². The Bertz CT molecular complexity index is 1120. The molecule has 0 unspecified atom stereocenters. The Balaban J connectivity index is 1.52. The van der Waals surface area contributed by atoms with Crippen LogP contribution in [0.15, 0.2) is 84.0 Å². The average Bonchev–Trinajstić information content (AvgIpc) is 2.78. The van der Waals surface area contributed by atoms with Crippen LogP contribution < -0.4 is 15.5 Å². The molecule has 0 atom stereocenters. The lowest BCUT2D eigenvalue weighted by Crippen LogP contribution is -2.37. The average molecular weight is 436 g/mol. The second kappa shape index (κ2) is 10.7. The van der Waals surface area contributed by atoms with E-state index in [4.69, 9.17) is 16.3 Å². The van der Waals surface area contributed by atoms with Gasteiger partial charge in [-0.3, -0.25) is 9.59 Å². The van der Waals surface area contributed by atoms with Crippen molar-refractivity contribution in [1.29, 1.82) is 0 Å². The number of hydrogen-bond acceptors (Lipinski definition) is 5. The third-order valence-corrected chi connectivity index (χ3v) is 4.25. The number of benzene rings is 3. The molecule has 3 aromatic rings. The molecule has 0 fully saturated rings. The third-order valence-electron chi connectivity index (χ3n) is 4.01.